The van der Waals surface area contributed by atoms with Gasteiger partial charge in [-0.05, 0) is 60.5 Å². The van der Waals surface area contributed by atoms with Crippen LogP contribution in [0.3, 0.4) is 0 Å². The topological polar surface area (TPSA) is 83.8 Å². The van der Waals surface area contributed by atoms with Crippen LogP contribution in [0.2, 0.25) is 0 Å². The van der Waals surface area contributed by atoms with E-state index in [9.17, 15) is 9.59 Å². The average molecular weight is 506 g/mol. The van der Waals surface area contributed by atoms with Gasteiger partial charge in [-0.3, -0.25) is 9.69 Å². The van der Waals surface area contributed by atoms with Crippen LogP contribution in [0.15, 0.2) is 113 Å². The molecule has 7 heteroatoms. The lowest BCUT2D eigenvalue weighted by Crippen LogP contribution is -2.41. The zero-order valence-electron chi connectivity index (χ0n) is 20.9. The van der Waals surface area contributed by atoms with Gasteiger partial charge >= 0.3 is 6.03 Å². The molecule has 2 N–H and O–H groups in total. The molecule has 1 aliphatic heterocycles. The zero-order chi connectivity index (χ0) is 26.1. The quantitative estimate of drug-likeness (QED) is 0.315. The summed E-state index contributed by atoms with van der Waals surface area (Å²) in [5.74, 6) is 1.40. The van der Waals surface area contributed by atoms with E-state index >= 15 is 0 Å². The number of urea groups is 1. The lowest BCUT2D eigenvalue weighted by molar-refractivity contribution is -0.116. The molecule has 4 aromatic rings. The Morgan fingerprint density at radius 3 is 2.45 bits per heavy atom. The van der Waals surface area contributed by atoms with Crippen LogP contribution < -0.4 is 20.3 Å². The number of para-hydroxylation sites is 2. The predicted molar refractivity (Wildman–Crippen MR) is 146 cm³/mol. The molecular formula is C31H27N3O4. The summed E-state index contributed by atoms with van der Waals surface area (Å²) in [6.07, 6.45) is 2.54. The van der Waals surface area contributed by atoms with E-state index in [0.717, 1.165) is 22.7 Å². The number of methoxy groups -OCH3 is 1. The minimum Gasteiger partial charge on any atom is -0.497 e. The minimum atomic E-state index is -0.620. The van der Waals surface area contributed by atoms with Gasteiger partial charge in [0.15, 0.2) is 5.78 Å². The second-order valence-electron chi connectivity index (χ2n) is 9.42. The number of furan rings is 1. The molecule has 2 aliphatic rings. The number of hydrogen-bond donors (Lipinski definition) is 2. The number of anilines is 3. The number of benzene rings is 3. The summed E-state index contributed by atoms with van der Waals surface area (Å²) in [4.78, 5) is 29.7. The van der Waals surface area contributed by atoms with Gasteiger partial charge in [-0.1, -0.05) is 42.5 Å². The van der Waals surface area contributed by atoms with Gasteiger partial charge in [-0.2, -0.15) is 0 Å². The van der Waals surface area contributed by atoms with Crippen molar-refractivity contribution in [2.75, 3.05) is 22.6 Å². The summed E-state index contributed by atoms with van der Waals surface area (Å²) in [6.45, 7) is 0. The number of carbonyl (C=O) groups excluding carboxylic acids is 2. The van der Waals surface area contributed by atoms with Crippen LogP contribution in [0, 0.1) is 0 Å². The average Bonchev–Trinajstić information content (AvgIpc) is 3.44. The number of nitrogens with one attached hydrogen (secondary N) is 2. The lowest BCUT2D eigenvalue weighted by atomic mass is 9.80. The van der Waals surface area contributed by atoms with Gasteiger partial charge in [0.2, 0.25) is 0 Å². The molecule has 0 fully saturated rings. The predicted octanol–water partition coefficient (Wildman–Crippen LogP) is 6.89. The van der Waals surface area contributed by atoms with E-state index in [1.807, 2.05) is 66.7 Å². The zero-order valence-corrected chi connectivity index (χ0v) is 20.9. The number of Topliss-reactive ketones (excluding diaryl/α,β-unsaturated/α-hetero) is 1. The molecule has 1 aliphatic carbocycles. The summed E-state index contributed by atoms with van der Waals surface area (Å²) >= 11 is 0. The molecule has 0 bridgehead atoms. The van der Waals surface area contributed by atoms with Crippen molar-refractivity contribution >= 4 is 28.9 Å². The minimum absolute atomic E-state index is 0.0101. The second-order valence-corrected chi connectivity index (χ2v) is 9.42. The molecule has 0 saturated heterocycles. The SMILES string of the molecule is COc1ccc(NC(=O)N2c3ccccc3NC3=C(C(=O)C[C@@H](c4ccco4)C3)[C@H]2c2ccccc2)cc1. The first-order chi connectivity index (χ1) is 18.6. The van der Waals surface area contributed by atoms with Crippen molar-refractivity contribution in [2.24, 2.45) is 0 Å². The largest absolute Gasteiger partial charge is 0.497 e. The first-order valence-electron chi connectivity index (χ1n) is 12.6. The molecule has 2 heterocycles. The molecule has 1 aromatic heterocycles. The Labute approximate surface area is 220 Å². The summed E-state index contributed by atoms with van der Waals surface area (Å²) in [7, 11) is 1.60. The van der Waals surface area contributed by atoms with Crippen molar-refractivity contribution in [2.45, 2.75) is 24.8 Å². The van der Waals surface area contributed by atoms with Crippen LogP contribution in [-0.2, 0) is 4.79 Å². The fraction of sp³-hybridized carbons (Fsp3) is 0.161. The second kappa shape index (κ2) is 9.94. The van der Waals surface area contributed by atoms with E-state index in [4.69, 9.17) is 9.15 Å². The molecule has 0 saturated carbocycles. The Balaban J connectivity index is 1.48. The smallest absolute Gasteiger partial charge is 0.327 e. The van der Waals surface area contributed by atoms with Crippen molar-refractivity contribution < 1.29 is 18.7 Å². The fourth-order valence-electron chi connectivity index (χ4n) is 5.35. The van der Waals surface area contributed by atoms with Crippen LogP contribution in [0.4, 0.5) is 21.9 Å². The molecule has 2 atom stereocenters. The Morgan fingerprint density at radius 1 is 0.947 bits per heavy atom. The van der Waals surface area contributed by atoms with Crippen LogP contribution in [-0.4, -0.2) is 18.9 Å². The molecule has 38 heavy (non-hydrogen) atoms. The van der Waals surface area contributed by atoms with Gasteiger partial charge in [-0.25, -0.2) is 4.79 Å². The van der Waals surface area contributed by atoms with Crippen LogP contribution in [0.1, 0.15) is 36.1 Å². The number of amides is 2. The van der Waals surface area contributed by atoms with E-state index in [0.29, 0.717) is 35.5 Å². The summed E-state index contributed by atoms with van der Waals surface area (Å²) in [5.41, 5.74) is 4.33. The van der Waals surface area contributed by atoms with Gasteiger partial charge < -0.3 is 19.8 Å². The number of ether oxygens (including phenoxy) is 1. The molecule has 0 unspecified atom stereocenters. The maximum atomic E-state index is 14.1. The van der Waals surface area contributed by atoms with Crippen LogP contribution in [0.25, 0.3) is 0 Å². The number of carbonyl (C=O) groups is 2. The maximum Gasteiger partial charge on any atom is 0.327 e. The number of fused-ring (bicyclic) bond motifs is 1. The molecule has 0 radical (unpaired) electrons. The van der Waals surface area contributed by atoms with Gasteiger partial charge in [0.05, 0.1) is 30.8 Å². The molecule has 2 amide bonds. The fourth-order valence-corrected chi connectivity index (χ4v) is 5.35. The van der Waals surface area contributed by atoms with E-state index in [1.54, 1.807) is 42.5 Å². The van der Waals surface area contributed by atoms with Crippen molar-refractivity contribution in [1.82, 2.24) is 0 Å². The number of hydrogen-bond acceptors (Lipinski definition) is 5. The third kappa shape index (κ3) is 4.32. The third-order valence-electron chi connectivity index (χ3n) is 7.11. The van der Waals surface area contributed by atoms with Crippen LogP contribution >= 0.6 is 0 Å². The van der Waals surface area contributed by atoms with Crippen molar-refractivity contribution in [3.63, 3.8) is 0 Å². The summed E-state index contributed by atoms with van der Waals surface area (Å²) < 4.78 is 10.9. The highest BCUT2D eigenvalue weighted by molar-refractivity contribution is 6.09. The Bertz CT molecular complexity index is 1490. The van der Waals surface area contributed by atoms with Crippen LogP contribution in [0.5, 0.6) is 5.75 Å². The summed E-state index contributed by atoms with van der Waals surface area (Å²) in [5, 5.41) is 6.55. The monoisotopic (exact) mass is 505 g/mol. The molecular weight excluding hydrogens is 478 g/mol. The van der Waals surface area contributed by atoms with E-state index in [1.165, 1.54) is 0 Å². The van der Waals surface area contributed by atoms with Gasteiger partial charge in [-0.15, -0.1) is 0 Å². The molecule has 6 rings (SSSR count). The van der Waals surface area contributed by atoms with E-state index in [2.05, 4.69) is 10.6 Å². The van der Waals surface area contributed by atoms with Gasteiger partial charge in [0.1, 0.15) is 11.5 Å². The van der Waals surface area contributed by atoms with E-state index in [-0.39, 0.29) is 17.7 Å². The highest BCUT2D eigenvalue weighted by Gasteiger charge is 2.42. The molecule has 7 nitrogen and oxygen atoms in total. The molecule has 3 aromatic carbocycles. The highest BCUT2D eigenvalue weighted by Crippen LogP contribution is 2.47. The van der Waals surface area contributed by atoms with Gasteiger partial charge in [0, 0.05) is 29.3 Å². The number of rotatable bonds is 4. The number of ketones is 1. The standard InChI is InChI=1S/C31H27N3O4/c1-37-23-15-13-22(14-16-23)32-31(36)34-26-11-6-5-10-24(26)33-25-18-21(28-12-7-17-38-28)19-27(35)29(25)30(34)20-8-3-2-4-9-20/h2-17,21,30,33H,18-19H2,1H3,(H,32,36)/t21-,30+/m0/s1. The normalized spacial score (nSPS) is 18.7. The summed E-state index contributed by atoms with van der Waals surface area (Å²) in [6, 6.07) is 27.3. The Kier molecular flexibility index (Phi) is 6.17. The van der Waals surface area contributed by atoms with Crippen molar-refractivity contribution in [3.8, 4) is 5.75 Å². The Hall–Kier alpha value is -4.78. The maximum absolute atomic E-state index is 14.1. The first kappa shape index (κ1) is 23.6. The van der Waals surface area contributed by atoms with Gasteiger partial charge in [0.25, 0.3) is 0 Å². The van der Waals surface area contributed by atoms with Crippen molar-refractivity contribution in [3.05, 3.63) is 120 Å². The Morgan fingerprint density at radius 2 is 1.71 bits per heavy atom. The molecule has 190 valence electrons. The number of allylic oxidation sites excluding steroid dienone is 1. The lowest BCUT2D eigenvalue weighted by Gasteiger charge is -2.34. The van der Waals surface area contributed by atoms with Crippen molar-refractivity contribution in [1.29, 1.82) is 0 Å². The third-order valence-corrected chi connectivity index (χ3v) is 7.11. The van der Waals surface area contributed by atoms with E-state index < -0.39 is 6.04 Å². The number of nitrogens with zero attached hydrogens (tertiary/aromatic N) is 1. The first-order valence-corrected chi connectivity index (χ1v) is 12.6. The highest BCUT2D eigenvalue weighted by atomic mass is 16.5. The molecule has 0 spiro atoms.